The van der Waals surface area contributed by atoms with Gasteiger partial charge in [-0.1, -0.05) is 13.3 Å². The topological polar surface area (TPSA) is 137 Å². The number of carbonyl (C=O) groups excluding carboxylic acids is 1. The first-order valence-corrected chi connectivity index (χ1v) is 10.2. The number of halogens is 1. The number of fused-ring (bicyclic) bond motifs is 2. The first-order chi connectivity index (χ1) is 15.3. The van der Waals surface area contributed by atoms with Crippen LogP contribution in [-0.4, -0.2) is 40.4 Å². The summed E-state index contributed by atoms with van der Waals surface area (Å²) in [6, 6.07) is 2.70. The van der Waals surface area contributed by atoms with Crippen molar-refractivity contribution in [3.05, 3.63) is 53.1 Å². The SMILES string of the molecule is CCCc1nc(-c2nc(N)c3c(n2)NC(=O)C3(C)c2ccc(F)cn2)cn2nc(C)nc12. The van der Waals surface area contributed by atoms with Crippen LogP contribution in [0.5, 0.6) is 0 Å². The van der Waals surface area contributed by atoms with Gasteiger partial charge in [-0.3, -0.25) is 9.78 Å². The highest BCUT2D eigenvalue weighted by atomic mass is 19.1. The molecule has 3 N–H and O–H groups in total. The molecule has 0 saturated carbocycles. The fourth-order valence-corrected chi connectivity index (χ4v) is 4.01. The Labute approximate surface area is 182 Å². The molecular weight excluding hydrogens is 413 g/mol. The van der Waals surface area contributed by atoms with Gasteiger partial charge in [-0.15, -0.1) is 0 Å². The minimum atomic E-state index is -1.25. The molecular formula is C21H20FN9O. The summed E-state index contributed by atoms with van der Waals surface area (Å²) in [7, 11) is 0. The van der Waals surface area contributed by atoms with Crippen LogP contribution in [0.4, 0.5) is 16.0 Å². The number of hydrogen-bond acceptors (Lipinski definition) is 8. The largest absolute Gasteiger partial charge is 0.383 e. The fraction of sp³-hybridized carbons (Fsp3) is 0.286. The van der Waals surface area contributed by atoms with Crippen molar-refractivity contribution < 1.29 is 9.18 Å². The lowest BCUT2D eigenvalue weighted by atomic mass is 9.81. The van der Waals surface area contributed by atoms with E-state index in [4.69, 9.17) is 10.7 Å². The van der Waals surface area contributed by atoms with Gasteiger partial charge in [0, 0.05) is 0 Å². The van der Waals surface area contributed by atoms with Gasteiger partial charge in [0.15, 0.2) is 11.5 Å². The zero-order valence-corrected chi connectivity index (χ0v) is 17.7. The molecule has 4 aromatic heterocycles. The molecule has 5 heterocycles. The van der Waals surface area contributed by atoms with Crippen molar-refractivity contribution in [1.82, 2.24) is 34.5 Å². The monoisotopic (exact) mass is 433 g/mol. The van der Waals surface area contributed by atoms with E-state index in [9.17, 15) is 9.18 Å². The summed E-state index contributed by atoms with van der Waals surface area (Å²) in [5.41, 5.74) is 7.74. The molecule has 10 nitrogen and oxygen atoms in total. The van der Waals surface area contributed by atoms with E-state index in [2.05, 4.69) is 37.3 Å². The van der Waals surface area contributed by atoms with Crippen LogP contribution in [0, 0.1) is 12.7 Å². The number of hydrogen-bond donors (Lipinski definition) is 2. The number of nitrogen functional groups attached to an aromatic ring is 1. The maximum Gasteiger partial charge on any atom is 0.242 e. The second kappa shape index (κ2) is 7.01. The molecule has 1 unspecified atom stereocenters. The van der Waals surface area contributed by atoms with Gasteiger partial charge in [-0.25, -0.2) is 28.8 Å². The summed E-state index contributed by atoms with van der Waals surface area (Å²) >= 11 is 0. The Morgan fingerprint density at radius 3 is 2.75 bits per heavy atom. The summed E-state index contributed by atoms with van der Waals surface area (Å²) < 4.78 is 15.0. The lowest BCUT2D eigenvalue weighted by Gasteiger charge is -2.22. The highest BCUT2D eigenvalue weighted by molar-refractivity contribution is 6.08. The van der Waals surface area contributed by atoms with E-state index in [1.807, 2.05) is 6.92 Å². The fourth-order valence-electron chi connectivity index (χ4n) is 4.01. The highest BCUT2D eigenvalue weighted by Gasteiger charge is 2.48. The van der Waals surface area contributed by atoms with E-state index >= 15 is 0 Å². The average Bonchev–Trinajstić information content (AvgIpc) is 3.25. The van der Waals surface area contributed by atoms with Crippen LogP contribution < -0.4 is 11.1 Å². The molecule has 0 fully saturated rings. The van der Waals surface area contributed by atoms with E-state index in [1.54, 1.807) is 17.6 Å². The Bertz CT molecular complexity index is 1380. The maximum absolute atomic E-state index is 13.4. The number of aromatic nitrogens is 7. The minimum absolute atomic E-state index is 0.116. The Kier molecular flexibility index (Phi) is 4.36. The maximum atomic E-state index is 13.4. The van der Waals surface area contributed by atoms with Crippen LogP contribution in [-0.2, 0) is 16.6 Å². The van der Waals surface area contributed by atoms with E-state index in [0.717, 1.165) is 18.3 Å². The van der Waals surface area contributed by atoms with E-state index in [1.165, 1.54) is 12.1 Å². The first kappa shape index (κ1) is 19.9. The van der Waals surface area contributed by atoms with Crippen molar-refractivity contribution in [2.45, 2.75) is 39.0 Å². The van der Waals surface area contributed by atoms with Gasteiger partial charge >= 0.3 is 0 Å². The van der Waals surface area contributed by atoms with Crippen LogP contribution in [0.1, 0.15) is 43.0 Å². The molecule has 1 amide bonds. The number of carbonyl (C=O) groups is 1. The second-order valence-corrected chi connectivity index (χ2v) is 7.85. The molecule has 0 aliphatic carbocycles. The summed E-state index contributed by atoms with van der Waals surface area (Å²) in [5, 5.41) is 7.16. The molecule has 1 atom stereocenters. The third kappa shape index (κ3) is 2.88. The molecule has 0 saturated heterocycles. The van der Waals surface area contributed by atoms with Crippen LogP contribution in [0.25, 0.3) is 17.2 Å². The van der Waals surface area contributed by atoms with Crippen molar-refractivity contribution >= 4 is 23.2 Å². The molecule has 0 spiro atoms. The molecule has 0 bridgehead atoms. The lowest BCUT2D eigenvalue weighted by molar-refractivity contribution is -0.119. The van der Waals surface area contributed by atoms with Crippen molar-refractivity contribution in [3.8, 4) is 11.5 Å². The number of nitrogens with zero attached hydrogens (tertiary/aromatic N) is 7. The van der Waals surface area contributed by atoms with Crippen molar-refractivity contribution in [2.75, 3.05) is 11.1 Å². The van der Waals surface area contributed by atoms with Gasteiger partial charge in [0.2, 0.25) is 5.91 Å². The molecule has 4 aromatic rings. The Balaban J connectivity index is 1.66. The minimum Gasteiger partial charge on any atom is -0.383 e. The summed E-state index contributed by atoms with van der Waals surface area (Å²) in [4.78, 5) is 35.2. The van der Waals surface area contributed by atoms with Crippen LogP contribution in [0.15, 0.2) is 24.5 Å². The molecule has 162 valence electrons. The zero-order chi connectivity index (χ0) is 22.6. The van der Waals surface area contributed by atoms with Gasteiger partial charge < -0.3 is 11.1 Å². The Morgan fingerprint density at radius 2 is 2.03 bits per heavy atom. The van der Waals surface area contributed by atoms with Gasteiger partial charge in [-0.2, -0.15) is 5.10 Å². The third-order valence-corrected chi connectivity index (χ3v) is 5.57. The molecule has 0 radical (unpaired) electrons. The second-order valence-electron chi connectivity index (χ2n) is 7.85. The predicted octanol–water partition coefficient (Wildman–Crippen LogP) is 2.22. The van der Waals surface area contributed by atoms with E-state index in [-0.39, 0.29) is 23.4 Å². The predicted molar refractivity (Wildman–Crippen MR) is 114 cm³/mol. The standard InChI is InChI=1S/C21H20FN9O/c1-4-5-12-19-25-10(2)30-31(19)9-13(26-12)17-27-16(23)15-18(28-17)29-20(32)21(15,3)14-7-6-11(22)8-24-14/h6-9H,4-5H2,1-3H3,(H3,23,27,28,29,32). The molecule has 11 heteroatoms. The van der Waals surface area contributed by atoms with Crippen molar-refractivity contribution in [2.24, 2.45) is 0 Å². The Hall–Kier alpha value is -4.02. The van der Waals surface area contributed by atoms with Gasteiger partial charge in [0.05, 0.1) is 29.3 Å². The van der Waals surface area contributed by atoms with Crippen LogP contribution in [0.2, 0.25) is 0 Å². The number of anilines is 2. The molecule has 32 heavy (non-hydrogen) atoms. The quantitative estimate of drug-likeness (QED) is 0.500. The first-order valence-electron chi connectivity index (χ1n) is 10.2. The lowest BCUT2D eigenvalue weighted by Crippen LogP contribution is -2.34. The number of nitrogens with one attached hydrogen (secondary N) is 1. The molecule has 1 aliphatic heterocycles. The van der Waals surface area contributed by atoms with E-state index in [0.29, 0.717) is 34.8 Å². The third-order valence-electron chi connectivity index (χ3n) is 5.57. The molecule has 5 rings (SSSR count). The number of nitrogens with two attached hydrogens (primary N) is 1. The summed E-state index contributed by atoms with van der Waals surface area (Å²) in [5.74, 6) is 0.413. The number of aryl methyl sites for hydroxylation is 2. The highest BCUT2D eigenvalue weighted by Crippen LogP contribution is 2.44. The van der Waals surface area contributed by atoms with Gasteiger partial charge in [-0.05, 0) is 32.4 Å². The smallest absolute Gasteiger partial charge is 0.242 e. The number of rotatable bonds is 4. The average molecular weight is 433 g/mol. The van der Waals surface area contributed by atoms with E-state index < -0.39 is 11.2 Å². The van der Waals surface area contributed by atoms with Gasteiger partial charge in [0.1, 0.15) is 34.4 Å². The van der Waals surface area contributed by atoms with Gasteiger partial charge in [0.25, 0.3) is 0 Å². The molecule has 1 aliphatic rings. The van der Waals surface area contributed by atoms with Crippen molar-refractivity contribution in [3.63, 3.8) is 0 Å². The number of amides is 1. The van der Waals surface area contributed by atoms with Crippen LogP contribution in [0.3, 0.4) is 0 Å². The summed E-state index contributed by atoms with van der Waals surface area (Å²) in [6.07, 6.45) is 4.34. The van der Waals surface area contributed by atoms with Crippen LogP contribution >= 0.6 is 0 Å². The summed E-state index contributed by atoms with van der Waals surface area (Å²) in [6.45, 7) is 5.53. The number of pyridine rings is 1. The van der Waals surface area contributed by atoms with Crippen molar-refractivity contribution in [1.29, 1.82) is 0 Å². The zero-order valence-electron chi connectivity index (χ0n) is 17.7. The Morgan fingerprint density at radius 1 is 1.22 bits per heavy atom. The normalized spacial score (nSPS) is 17.6. The molecule has 0 aromatic carbocycles.